The van der Waals surface area contributed by atoms with Crippen molar-refractivity contribution in [2.75, 3.05) is 18.4 Å². The number of hydrogen-bond acceptors (Lipinski definition) is 3. The molecule has 4 nitrogen and oxygen atoms in total. The van der Waals surface area contributed by atoms with Crippen LogP contribution in [0.25, 0.3) is 0 Å². The van der Waals surface area contributed by atoms with Crippen LogP contribution in [-0.2, 0) is 10.0 Å². The Kier molecular flexibility index (Phi) is 5.38. The van der Waals surface area contributed by atoms with Crippen LogP contribution in [0.5, 0.6) is 0 Å². The van der Waals surface area contributed by atoms with Gasteiger partial charge in [-0.2, -0.15) is 4.31 Å². The van der Waals surface area contributed by atoms with Gasteiger partial charge in [0.1, 0.15) is 0 Å². The molecule has 2 aliphatic rings. The van der Waals surface area contributed by atoms with Crippen LogP contribution in [0.4, 0.5) is 5.69 Å². The van der Waals surface area contributed by atoms with Gasteiger partial charge >= 0.3 is 0 Å². The number of sulfonamides is 1. The average molecular weight is 461 g/mol. The highest BCUT2D eigenvalue weighted by atomic mass is 79.9. The molecule has 0 amide bonds. The van der Waals surface area contributed by atoms with E-state index in [1.165, 1.54) is 9.87 Å². The molecule has 0 saturated carbocycles. The first kappa shape index (κ1) is 19.7. The summed E-state index contributed by atoms with van der Waals surface area (Å²) >= 11 is 3.51. The molecule has 1 aliphatic carbocycles. The van der Waals surface area contributed by atoms with Gasteiger partial charge in [-0.3, -0.25) is 0 Å². The number of anilines is 1. The third kappa shape index (κ3) is 3.31. The predicted molar refractivity (Wildman–Crippen MR) is 117 cm³/mol. The Hall–Kier alpha value is -1.63. The molecular weight excluding hydrogens is 436 g/mol. The lowest BCUT2D eigenvalue weighted by atomic mass is 9.77. The topological polar surface area (TPSA) is 49.4 Å². The molecule has 1 aliphatic heterocycles. The van der Waals surface area contributed by atoms with Crippen LogP contribution in [0.15, 0.2) is 64.0 Å². The van der Waals surface area contributed by atoms with Crippen LogP contribution in [0.3, 0.4) is 0 Å². The monoisotopic (exact) mass is 460 g/mol. The van der Waals surface area contributed by atoms with Crippen molar-refractivity contribution < 1.29 is 8.42 Å². The number of benzene rings is 2. The number of allylic oxidation sites excluding steroid dienone is 2. The van der Waals surface area contributed by atoms with Crippen LogP contribution in [0.1, 0.15) is 43.4 Å². The third-order valence-electron chi connectivity index (χ3n) is 5.91. The molecule has 148 valence electrons. The molecule has 1 heterocycles. The van der Waals surface area contributed by atoms with E-state index < -0.39 is 10.0 Å². The van der Waals surface area contributed by atoms with Crippen molar-refractivity contribution in [2.45, 2.75) is 37.1 Å². The summed E-state index contributed by atoms with van der Waals surface area (Å²) in [6, 6.07) is 14.2. The Labute approximate surface area is 175 Å². The maximum atomic E-state index is 13.0. The first-order chi connectivity index (χ1) is 13.5. The van der Waals surface area contributed by atoms with E-state index in [1.807, 2.05) is 26.0 Å². The molecule has 28 heavy (non-hydrogen) atoms. The molecule has 0 radical (unpaired) electrons. The van der Waals surface area contributed by atoms with Gasteiger partial charge in [0.15, 0.2) is 0 Å². The smallest absolute Gasteiger partial charge is 0.243 e. The van der Waals surface area contributed by atoms with Crippen LogP contribution in [-0.4, -0.2) is 25.8 Å². The van der Waals surface area contributed by atoms with Gasteiger partial charge in [-0.05, 0) is 53.8 Å². The van der Waals surface area contributed by atoms with Gasteiger partial charge < -0.3 is 5.32 Å². The predicted octanol–water partition coefficient (Wildman–Crippen LogP) is 5.31. The molecule has 0 saturated heterocycles. The quantitative estimate of drug-likeness (QED) is 0.615. The van der Waals surface area contributed by atoms with E-state index in [9.17, 15) is 8.42 Å². The lowest BCUT2D eigenvalue weighted by Crippen LogP contribution is -2.32. The second-order valence-corrected chi connectivity index (χ2v) is 10.2. The minimum Gasteiger partial charge on any atom is -0.378 e. The Balaban J connectivity index is 1.74. The molecule has 6 heteroatoms. The lowest BCUT2D eigenvalue weighted by Gasteiger charge is -2.38. The normalized spacial score (nSPS) is 23.4. The number of fused-ring (bicyclic) bond motifs is 3. The van der Waals surface area contributed by atoms with Crippen LogP contribution in [0, 0.1) is 5.92 Å². The van der Waals surface area contributed by atoms with Gasteiger partial charge in [0.05, 0.1) is 10.9 Å². The standard InChI is InChI=1S/C22H25BrN2O2S/c1-3-25(4-2)28(26,27)17-12-13-21-20(14-17)18-6-5-7-19(18)22(24-21)15-8-10-16(23)11-9-15/h5-6,8-14,18-19,22,24H,3-4,7H2,1-2H3. The number of rotatable bonds is 5. The Morgan fingerprint density at radius 3 is 2.50 bits per heavy atom. The van der Waals surface area contributed by atoms with E-state index in [2.05, 4.69) is 57.7 Å². The molecular formula is C22H25BrN2O2S. The maximum Gasteiger partial charge on any atom is 0.243 e. The summed E-state index contributed by atoms with van der Waals surface area (Å²) in [4.78, 5) is 0.387. The fourth-order valence-corrected chi connectivity index (χ4v) is 6.20. The molecule has 0 aromatic heterocycles. The Bertz CT molecular complexity index is 998. The second kappa shape index (κ2) is 7.65. The lowest BCUT2D eigenvalue weighted by molar-refractivity contribution is 0.424. The molecule has 0 fully saturated rings. The fraction of sp³-hybridized carbons (Fsp3) is 0.364. The summed E-state index contributed by atoms with van der Waals surface area (Å²) in [5, 5.41) is 3.68. The zero-order chi connectivity index (χ0) is 19.9. The van der Waals surface area contributed by atoms with Gasteiger partial charge in [0.2, 0.25) is 10.0 Å². The van der Waals surface area contributed by atoms with E-state index in [0.717, 1.165) is 22.1 Å². The number of nitrogens with zero attached hydrogens (tertiary/aromatic N) is 1. The SMILES string of the molecule is CCN(CC)S(=O)(=O)c1ccc2c(c1)C1C=CCC1C(c1ccc(Br)cc1)N2. The minimum absolute atomic E-state index is 0.214. The summed E-state index contributed by atoms with van der Waals surface area (Å²) in [5.41, 5.74) is 3.37. The number of hydrogen-bond donors (Lipinski definition) is 1. The summed E-state index contributed by atoms with van der Waals surface area (Å²) in [7, 11) is -3.46. The molecule has 2 aromatic rings. The summed E-state index contributed by atoms with van der Waals surface area (Å²) in [6.45, 7) is 4.71. The van der Waals surface area contributed by atoms with Crippen molar-refractivity contribution in [1.29, 1.82) is 0 Å². The molecule has 1 N–H and O–H groups in total. The van der Waals surface area contributed by atoms with Crippen LogP contribution >= 0.6 is 15.9 Å². The van der Waals surface area contributed by atoms with E-state index in [0.29, 0.717) is 23.9 Å². The van der Waals surface area contributed by atoms with E-state index >= 15 is 0 Å². The second-order valence-electron chi connectivity index (χ2n) is 7.37. The summed E-state index contributed by atoms with van der Waals surface area (Å²) in [5.74, 6) is 0.622. The van der Waals surface area contributed by atoms with Crippen LogP contribution < -0.4 is 5.32 Å². The van der Waals surface area contributed by atoms with Gasteiger partial charge in [0.25, 0.3) is 0 Å². The van der Waals surface area contributed by atoms with Crippen molar-refractivity contribution in [3.63, 3.8) is 0 Å². The Morgan fingerprint density at radius 2 is 1.82 bits per heavy atom. The zero-order valence-corrected chi connectivity index (χ0v) is 18.5. The highest BCUT2D eigenvalue weighted by Gasteiger charge is 2.38. The Morgan fingerprint density at radius 1 is 1.11 bits per heavy atom. The highest BCUT2D eigenvalue weighted by molar-refractivity contribution is 9.10. The molecule has 2 aromatic carbocycles. The third-order valence-corrected chi connectivity index (χ3v) is 8.48. The maximum absolute atomic E-state index is 13.0. The van der Waals surface area contributed by atoms with E-state index in [4.69, 9.17) is 0 Å². The van der Waals surface area contributed by atoms with Gasteiger partial charge in [-0.1, -0.05) is 54.1 Å². The summed E-state index contributed by atoms with van der Waals surface area (Å²) < 4.78 is 28.5. The van der Waals surface area contributed by atoms with Crippen LogP contribution in [0.2, 0.25) is 0 Å². The van der Waals surface area contributed by atoms with Crippen molar-refractivity contribution in [2.24, 2.45) is 5.92 Å². The van der Waals surface area contributed by atoms with Crippen molar-refractivity contribution in [3.05, 3.63) is 70.2 Å². The van der Waals surface area contributed by atoms with Crippen molar-refractivity contribution in [3.8, 4) is 0 Å². The zero-order valence-electron chi connectivity index (χ0n) is 16.1. The largest absolute Gasteiger partial charge is 0.378 e. The molecule has 3 unspecified atom stereocenters. The van der Waals surface area contributed by atoms with Crippen molar-refractivity contribution >= 4 is 31.6 Å². The van der Waals surface area contributed by atoms with Crippen molar-refractivity contribution in [1.82, 2.24) is 4.31 Å². The van der Waals surface area contributed by atoms with Gasteiger partial charge in [0, 0.05) is 29.2 Å². The number of halogens is 1. The molecule has 0 spiro atoms. The first-order valence-electron chi connectivity index (χ1n) is 9.78. The van der Waals surface area contributed by atoms with Gasteiger partial charge in [-0.25, -0.2) is 8.42 Å². The highest BCUT2D eigenvalue weighted by Crippen LogP contribution is 2.50. The first-order valence-corrected chi connectivity index (χ1v) is 12.0. The fourth-order valence-electron chi connectivity index (χ4n) is 4.45. The minimum atomic E-state index is -3.46. The van der Waals surface area contributed by atoms with Gasteiger partial charge in [-0.15, -0.1) is 0 Å². The van der Waals surface area contributed by atoms with E-state index in [1.54, 1.807) is 6.07 Å². The molecule has 4 rings (SSSR count). The van der Waals surface area contributed by atoms with E-state index in [-0.39, 0.29) is 12.0 Å². The summed E-state index contributed by atoms with van der Waals surface area (Å²) in [6.07, 6.45) is 5.46. The molecule has 3 atom stereocenters. The number of nitrogens with one attached hydrogen (secondary N) is 1. The molecule has 0 bridgehead atoms. The average Bonchev–Trinajstić information content (AvgIpc) is 3.18.